The first-order chi connectivity index (χ1) is 12.0. The van der Waals surface area contributed by atoms with Gasteiger partial charge in [-0.2, -0.15) is 0 Å². The number of halogens is 2. The molecule has 0 unspecified atom stereocenters. The topological polar surface area (TPSA) is 62.3 Å². The molecular formula is C17H17Cl2N3O2S. The zero-order valence-electron chi connectivity index (χ0n) is 13.6. The number of hydrogen-bond donors (Lipinski definition) is 1. The van der Waals surface area contributed by atoms with Gasteiger partial charge in [0.15, 0.2) is 0 Å². The predicted octanol–water partition coefficient (Wildman–Crippen LogP) is 3.68. The van der Waals surface area contributed by atoms with Crippen LogP contribution in [0.15, 0.2) is 24.4 Å². The Balaban J connectivity index is 1.70. The molecule has 0 spiro atoms. The van der Waals surface area contributed by atoms with E-state index in [1.54, 1.807) is 40.6 Å². The number of carbonyl (C=O) groups is 2. The first-order valence-electron chi connectivity index (χ1n) is 7.91. The van der Waals surface area contributed by atoms with Crippen molar-refractivity contribution in [2.75, 3.05) is 6.54 Å². The highest BCUT2D eigenvalue weighted by Crippen LogP contribution is 2.26. The fourth-order valence-corrected chi connectivity index (χ4v) is 3.98. The lowest BCUT2D eigenvalue weighted by atomic mass is 10.1. The minimum absolute atomic E-state index is 0.157. The first-order valence-corrected chi connectivity index (χ1v) is 9.48. The molecule has 25 heavy (non-hydrogen) atoms. The van der Waals surface area contributed by atoms with E-state index in [0.717, 1.165) is 16.3 Å². The number of amides is 2. The first kappa shape index (κ1) is 18.2. The molecule has 1 N–H and O–H groups in total. The van der Waals surface area contributed by atoms with Gasteiger partial charge in [0.1, 0.15) is 6.04 Å². The number of rotatable bonds is 4. The summed E-state index contributed by atoms with van der Waals surface area (Å²) in [5, 5.41) is 4.62. The molecule has 1 aromatic carbocycles. The van der Waals surface area contributed by atoms with Gasteiger partial charge in [-0.3, -0.25) is 9.59 Å². The highest BCUT2D eigenvalue weighted by Gasteiger charge is 2.35. The smallest absolute Gasteiger partial charge is 0.256 e. The molecule has 8 heteroatoms. The largest absolute Gasteiger partial charge is 0.349 e. The van der Waals surface area contributed by atoms with Gasteiger partial charge in [0.05, 0.1) is 22.1 Å². The number of nitrogens with one attached hydrogen (secondary N) is 1. The van der Waals surface area contributed by atoms with E-state index in [2.05, 4.69) is 10.3 Å². The van der Waals surface area contributed by atoms with Gasteiger partial charge in [0.2, 0.25) is 5.91 Å². The fraction of sp³-hybridized carbons (Fsp3) is 0.353. The molecule has 2 aromatic rings. The monoisotopic (exact) mass is 397 g/mol. The molecule has 1 fully saturated rings. The molecule has 0 bridgehead atoms. The normalized spacial score (nSPS) is 16.9. The Morgan fingerprint density at radius 1 is 1.40 bits per heavy atom. The van der Waals surface area contributed by atoms with Crippen molar-refractivity contribution in [3.8, 4) is 0 Å². The number of carbonyl (C=O) groups excluding carboxylic acids is 2. The zero-order valence-corrected chi connectivity index (χ0v) is 15.9. The van der Waals surface area contributed by atoms with Gasteiger partial charge in [-0.05, 0) is 38.0 Å². The standard InChI is InChI=1S/C17H17Cl2N3O2S/c1-10-20-8-12(25-10)9-21-16(23)15-3-2-6-22(15)17(24)13-7-11(18)4-5-14(13)19/h4-5,7-8,15H,2-3,6,9H2,1H3,(H,21,23)/t15-/m0/s1. The van der Waals surface area contributed by atoms with Crippen LogP contribution in [-0.4, -0.2) is 34.3 Å². The molecule has 2 heterocycles. The average Bonchev–Trinajstić information content (AvgIpc) is 3.23. The number of thiazole rings is 1. The van der Waals surface area contributed by atoms with E-state index < -0.39 is 6.04 Å². The number of aromatic nitrogens is 1. The number of hydrogen-bond acceptors (Lipinski definition) is 4. The Morgan fingerprint density at radius 2 is 2.20 bits per heavy atom. The molecule has 1 saturated heterocycles. The molecular weight excluding hydrogens is 381 g/mol. The summed E-state index contributed by atoms with van der Waals surface area (Å²) in [6.45, 7) is 2.86. The average molecular weight is 398 g/mol. The SMILES string of the molecule is Cc1ncc(CNC(=O)[C@@H]2CCCN2C(=O)c2cc(Cl)ccc2Cl)s1. The van der Waals surface area contributed by atoms with Crippen LogP contribution in [0.25, 0.3) is 0 Å². The van der Waals surface area contributed by atoms with Crippen molar-refractivity contribution >= 4 is 46.4 Å². The fourth-order valence-electron chi connectivity index (χ4n) is 2.88. The predicted molar refractivity (Wildman–Crippen MR) is 99.2 cm³/mol. The number of nitrogens with zero attached hydrogens (tertiary/aromatic N) is 2. The van der Waals surface area contributed by atoms with Crippen LogP contribution in [0.2, 0.25) is 10.0 Å². The molecule has 132 valence electrons. The van der Waals surface area contributed by atoms with Crippen LogP contribution in [0.1, 0.15) is 33.1 Å². The highest BCUT2D eigenvalue weighted by molar-refractivity contribution is 7.11. The highest BCUT2D eigenvalue weighted by atomic mass is 35.5. The van der Waals surface area contributed by atoms with Crippen molar-refractivity contribution in [3.63, 3.8) is 0 Å². The van der Waals surface area contributed by atoms with Crippen LogP contribution in [0, 0.1) is 6.92 Å². The van der Waals surface area contributed by atoms with Gasteiger partial charge < -0.3 is 10.2 Å². The Morgan fingerprint density at radius 3 is 2.92 bits per heavy atom. The number of aryl methyl sites for hydroxylation is 1. The Hall–Kier alpha value is -1.63. The number of likely N-dealkylation sites (tertiary alicyclic amines) is 1. The van der Waals surface area contributed by atoms with E-state index in [9.17, 15) is 9.59 Å². The van der Waals surface area contributed by atoms with Crippen LogP contribution < -0.4 is 5.32 Å². The summed E-state index contributed by atoms with van der Waals surface area (Å²) in [6.07, 6.45) is 3.17. The summed E-state index contributed by atoms with van der Waals surface area (Å²) < 4.78 is 0. The van der Waals surface area contributed by atoms with Crippen LogP contribution in [0.5, 0.6) is 0 Å². The van der Waals surface area contributed by atoms with E-state index in [4.69, 9.17) is 23.2 Å². The minimum Gasteiger partial charge on any atom is -0.349 e. The molecule has 0 aliphatic carbocycles. The summed E-state index contributed by atoms with van der Waals surface area (Å²) in [5.41, 5.74) is 0.326. The van der Waals surface area contributed by atoms with Crippen molar-refractivity contribution in [3.05, 3.63) is 49.9 Å². The molecule has 2 amide bonds. The van der Waals surface area contributed by atoms with Crippen LogP contribution in [-0.2, 0) is 11.3 Å². The molecule has 1 atom stereocenters. The lowest BCUT2D eigenvalue weighted by molar-refractivity contribution is -0.125. The van der Waals surface area contributed by atoms with E-state index in [1.807, 2.05) is 6.92 Å². The Labute approximate surface area is 160 Å². The summed E-state index contributed by atoms with van der Waals surface area (Å²) in [4.78, 5) is 32.1. The maximum atomic E-state index is 12.8. The van der Waals surface area contributed by atoms with Crippen molar-refractivity contribution in [2.45, 2.75) is 32.4 Å². The Kier molecular flexibility index (Phi) is 5.61. The maximum absolute atomic E-state index is 12.8. The molecule has 3 rings (SSSR count). The van der Waals surface area contributed by atoms with Crippen molar-refractivity contribution in [1.29, 1.82) is 0 Å². The van der Waals surface area contributed by atoms with Crippen molar-refractivity contribution in [2.24, 2.45) is 0 Å². The quantitative estimate of drug-likeness (QED) is 0.855. The Bertz CT molecular complexity index is 809. The van der Waals surface area contributed by atoms with Gasteiger partial charge in [0.25, 0.3) is 5.91 Å². The summed E-state index contributed by atoms with van der Waals surface area (Å²) in [7, 11) is 0. The lowest BCUT2D eigenvalue weighted by Gasteiger charge is -2.24. The van der Waals surface area contributed by atoms with Gasteiger partial charge in [-0.25, -0.2) is 4.98 Å². The van der Waals surface area contributed by atoms with Crippen LogP contribution in [0.3, 0.4) is 0 Å². The third kappa shape index (κ3) is 4.14. The van der Waals surface area contributed by atoms with Gasteiger partial charge >= 0.3 is 0 Å². The third-order valence-electron chi connectivity index (χ3n) is 4.08. The van der Waals surface area contributed by atoms with Gasteiger partial charge in [-0.15, -0.1) is 11.3 Å². The minimum atomic E-state index is -0.489. The number of benzene rings is 1. The van der Waals surface area contributed by atoms with Crippen LogP contribution >= 0.6 is 34.5 Å². The second-order valence-electron chi connectivity index (χ2n) is 5.84. The second kappa shape index (κ2) is 7.72. The second-order valence-corrected chi connectivity index (χ2v) is 8.01. The van der Waals surface area contributed by atoms with E-state index in [0.29, 0.717) is 35.1 Å². The van der Waals surface area contributed by atoms with Crippen molar-refractivity contribution in [1.82, 2.24) is 15.2 Å². The van der Waals surface area contributed by atoms with E-state index in [-0.39, 0.29) is 11.8 Å². The van der Waals surface area contributed by atoms with Gasteiger partial charge in [-0.1, -0.05) is 23.2 Å². The molecule has 0 saturated carbocycles. The summed E-state index contributed by atoms with van der Waals surface area (Å²) in [6, 6.07) is 4.27. The summed E-state index contributed by atoms with van der Waals surface area (Å²) in [5.74, 6) is -0.422. The molecule has 1 aliphatic heterocycles. The van der Waals surface area contributed by atoms with E-state index in [1.165, 1.54) is 0 Å². The molecule has 0 radical (unpaired) electrons. The van der Waals surface area contributed by atoms with Crippen LogP contribution in [0.4, 0.5) is 0 Å². The van der Waals surface area contributed by atoms with Gasteiger partial charge in [0, 0.05) is 22.6 Å². The lowest BCUT2D eigenvalue weighted by Crippen LogP contribution is -2.45. The molecule has 1 aliphatic rings. The molecule has 1 aromatic heterocycles. The third-order valence-corrected chi connectivity index (χ3v) is 5.56. The molecule has 5 nitrogen and oxygen atoms in total. The zero-order chi connectivity index (χ0) is 18.0. The van der Waals surface area contributed by atoms with Crippen molar-refractivity contribution < 1.29 is 9.59 Å². The summed E-state index contributed by atoms with van der Waals surface area (Å²) >= 11 is 13.6. The van der Waals surface area contributed by atoms with E-state index >= 15 is 0 Å². The maximum Gasteiger partial charge on any atom is 0.256 e.